The lowest BCUT2D eigenvalue weighted by Gasteiger charge is -2.12. The first-order chi connectivity index (χ1) is 10.5. The predicted molar refractivity (Wildman–Crippen MR) is 82.5 cm³/mol. The van der Waals surface area contributed by atoms with Crippen molar-refractivity contribution < 1.29 is 4.74 Å². The van der Waals surface area contributed by atoms with E-state index in [1.54, 1.807) is 25.1 Å². The van der Waals surface area contributed by atoms with Gasteiger partial charge in [0.2, 0.25) is 0 Å². The Labute approximate surface area is 131 Å². The number of nitrogens with zero attached hydrogens (tertiary/aromatic N) is 3. The molecule has 6 nitrogen and oxygen atoms in total. The highest BCUT2D eigenvalue weighted by Crippen LogP contribution is 2.22. The molecule has 0 bridgehead atoms. The number of hydrogen-bond donors (Lipinski definition) is 0. The van der Waals surface area contributed by atoms with Gasteiger partial charge in [-0.05, 0) is 25.1 Å². The van der Waals surface area contributed by atoms with E-state index in [-0.39, 0.29) is 12.1 Å². The molecule has 1 aromatic heterocycles. The highest BCUT2D eigenvalue weighted by Gasteiger charge is 2.13. The van der Waals surface area contributed by atoms with Crippen molar-refractivity contribution in [2.45, 2.75) is 20.0 Å². The zero-order valence-electron chi connectivity index (χ0n) is 12.2. The van der Waals surface area contributed by atoms with Gasteiger partial charge in [-0.25, -0.2) is 4.79 Å². The van der Waals surface area contributed by atoms with Gasteiger partial charge in [0.1, 0.15) is 17.4 Å². The van der Waals surface area contributed by atoms with E-state index in [4.69, 9.17) is 21.6 Å². The SMILES string of the molecule is CCn1cc(C#N)c(=O)n(Cc2cc(Cl)ccc2OC)c1=O. The lowest BCUT2D eigenvalue weighted by atomic mass is 10.2. The van der Waals surface area contributed by atoms with Crippen LogP contribution in [0.5, 0.6) is 5.75 Å². The fraction of sp³-hybridized carbons (Fsp3) is 0.267. The van der Waals surface area contributed by atoms with Crippen molar-refractivity contribution in [3.63, 3.8) is 0 Å². The summed E-state index contributed by atoms with van der Waals surface area (Å²) in [6, 6.07) is 6.76. The zero-order valence-corrected chi connectivity index (χ0v) is 12.9. The summed E-state index contributed by atoms with van der Waals surface area (Å²) >= 11 is 5.96. The molecule has 2 aromatic rings. The molecule has 0 saturated heterocycles. The zero-order chi connectivity index (χ0) is 16.3. The first kappa shape index (κ1) is 15.9. The van der Waals surface area contributed by atoms with Gasteiger partial charge in [0.25, 0.3) is 5.56 Å². The van der Waals surface area contributed by atoms with E-state index in [0.717, 1.165) is 4.57 Å². The molecule has 1 heterocycles. The average molecular weight is 320 g/mol. The monoisotopic (exact) mass is 319 g/mol. The van der Waals surface area contributed by atoms with Crippen LogP contribution in [0.2, 0.25) is 5.02 Å². The number of aryl methyl sites for hydroxylation is 1. The van der Waals surface area contributed by atoms with Crippen molar-refractivity contribution in [3.8, 4) is 11.8 Å². The Bertz CT molecular complexity index is 862. The number of benzene rings is 1. The third-order valence-corrected chi connectivity index (χ3v) is 3.50. The fourth-order valence-electron chi connectivity index (χ4n) is 2.14. The first-order valence-electron chi connectivity index (χ1n) is 6.58. The Morgan fingerprint density at radius 1 is 1.36 bits per heavy atom. The van der Waals surface area contributed by atoms with Gasteiger partial charge >= 0.3 is 5.69 Å². The molecule has 0 aliphatic rings. The molecule has 0 saturated carbocycles. The van der Waals surface area contributed by atoms with Crippen LogP contribution in [0.4, 0.5) is 0 Å². The van der Waals surface area contributed by atoms with Crippen molar-refractivity contribution in [1.29, 1.82) is 5.26 Å². The summed E-state index contributed by atoms with van der Waals surface area (Å²) in [5.41, 5.74) is -0.595. The molecule has 114 valence electrons. The molecule has 1 aromatic carbocycles. The summed E-state index contributed by atoms with van der Waals surface area (Å²) < 4.78 is 7.54. The minimum Gasteiger partial charge on any atom is -0.496 e. The van der Waals surface area contributed by atoms with Crippen molar-refractivity contribution >= 4 is 11.6 Å². The van der Waals surface area contributed by atoms with Crippen LogP contribution in [0, 0.1) is 11.3 Å². The Kier molecular flexibility index (Phi) is 4.68. The molecule has 0 spiro atoms. The lowest BCUT2D eigenvalue weighted by Crippen LogP contribution is -2.41. The number of ether oxygens (including phenoxy) is 1. The van der Waals surface area contributed by atoms with E-state index >= 15 is 0 Å². The largest absolute Gasteiger partial charge is 0.496 e. The van der Waals surface area contributed by atoms with E-state index in [1.807, 2.05) is 6.07 Å². The van der Waals surface area contributed by atoms with Crippen molar-refractivity contribution in [2.75, 3.05) is 7.11 Å². The molecule has 0 atom stereocenters. The van der Waals surface area contributed by atoms with Crippen LogP contribution >= 0.6 is 11.6 Å². The molecule has 0 aliphatic carbocycles. The minimum absolute atomic E-state index is 0.0169. The summed E-state index contributed by atoms with van der Waals surface area (Å²) in [4.78, 5) is 24.6. The van der Waals surface area contributed by atoms with E-state index in [9.17, 15) is 9.59 Å². The molecule has 0 N–H and O–H groups in total. The summed E-state index contributed by atoms with van der Waals surface area (Å²) in [7, 11) is 1.49. The van der Waals surface area contributed by atoms with Crippen molar-refractivity contribution in [3.05, 3.63) is 61.4 Å². The van der Waals surface area contributed by atoms with Gasteiger partial charge in [0.15, 0.2) is 0 Å². The van der Waals surface area contributed by atoms with Crippen LogP contribution in [0.15, 0.2) is 34.0 Å². The van der Waals surface area contributed by atoms with Crippen LogP contribution in [0.3, 0.4) is 0 Å². The third-order valence-electron chi connectivity index (χ3n) is 3.27. The topological polar surface area (TPSA) is 77.0 Å². The van der Waals surface area contributed by atoms with Crippen LogP contribution in [-0.2, 0) is 13.1 Å². The molecule has 0 amide bonds. The van der Waals surface area contributed by atoms with Crippen LogP contribution < -0.4 is 16.0 Å². The van der Waals surface area contributed by atoms with Crippen LogP contribution in [-0.4, -0.2) is 16.2 Å². The Morgan fingerprint density at radius 2 is 2.09 bits per heavy atom. The van der Waals surface area contributed by atoms with Gasteiger partial charge in [-0.15, -0.1) is 0 Å². The fourth-order valence-corrected chi connectivity index (χ4v) is 2.33. The first-order valence-corrected chi connectivity index (χ1v) is 6.96. The second kappa shape index (κ2) is 6.50. The predicted octanol–water partition coefficient (Wildman–Crippen LogP) is 1.61. The van der Waals surface area contributed by atoms with E-state index < -0.39 is 11.2 Å². The highest BCUT2D eigenvalue weighted by atomic mass is 35.5. The minimum atomic E-state index is -0.626. The average Bonchev–Trinajstić information content (AvgIpc) is 2.52. The van der Waals surface area contributed by atoms with E-state index in [0.29, 0.717) is 22.9 Å². The van der Waals surface area contributed by atoms with Gasteiger partial charge in [-0.2, -0.15) is 5.26 Å². The number of methoxy groups -OCH3 is 1. The van der Waals surface area contributed by atoms with E-state index in [2.05, 4.69) is 0 Å². The van der Waals surface area contributed by atoms with Gasteiger partial charge in [-0.3, -0.25) is 13.9 Å². The maximum Gasteiger partial charge on any atom is 0.331 e. The van der Waals surface area contributed by atoms with Gasteiger partial charge in [0, 0.05) is 23.3 Å². The Hall–Kier alpha value is -2.52. The smallest absolute Gasteiger partial charge is 0.331 e. The summed E-state index contributed by atoms with van der Waals surface area (Å²) in [5, 5.41) is 9.51. The van der Waals surface area contributed by atoms with Gasteiger partial charge in [0.05, 0.1) is 13.7 Å². The maximum atomic E-state index is 12.3. The molecule has 0 aliphatic heterocycles. The number of nitriles is 1. The van der Waals surface area contributed by atoms with Crippen molar-refractivity contribution in [1.82, 2.24) is 9.13 Å². The molecular formula is C15H14ClN3O3. The standard InChI is InChI=1S/C15H14ClN3O3/c1-3-18-8-11(7-17)14(20)19(15(18)21)9-10-6-12(16)4-5-13(10)22-2/h4-6,8H,3,9H2,1-2H3. The summed E-state index contributed by atoms with van der Waals surface area (Å²) in [5.74, 6) is 0.515. The third kappa shape index (κ3) is 2.90. The maximum absolute atomic E-state index is 12.3. The van der Waals surface area contributed by atoms with E-state index in [1.165, 1.54) is 17.9 Å². The summed E-state index contributed by atoms with van der Waals surface area (Å²) in [6.07, 6.45) is 1.27. The normalized spacial score (nSPS) is 10.3. The van der Waals surface area contributed by atoms with Crippen LogP contribution in [0.25, 0.3) is 0 Å². The number of halogens is 1. The second-order valence-corrected chi connectivity index (χ2v) is 5.01. The number of rotatable bonds is 4. The molecule has 22 heavy (non-hydrogen) atoms. The lowest BCUT2D eigenvalue weighted by molar-refractivity contribution is 0.407. The molecule has 0 fully saturated rings. The number of aromatic nitrogens is 2. The highest BCUT2D eigenvalue weighted by molar-refractivity contribution is 6.30. The Balaban J connectivity index is 2.65. The molecular weight excluding hydrogens is 306 g/mol. The summed E-state index contributed by atoms with van der Waals surface area (Å²) in [6.45, 7) is 2.11. The molecule has 0 radical (unpaired) electrons. The molecule has 7 heteroatoms. The van der Waals surface area contributed by atoms with Crippen LogP contribution in [0.1, 0.15) is 18.1 Å². The van der Waals surface area contributed by atoms with Gasteiger partial charge in [-0.1, -0.05) is 11.6 Å². The molecule has 0 unspecified atom stereocenters. The van der Waals surface area contributed by atoms with Crippen molar-refractivity contribution in [2.24, 2.45) is 0 Å². The van der Waals surface area contributed by atoms with Gasteiger partial charge < -0.3 is 4.74 Å². The Morgan fingerprint density at radius 3 is 2.68 bits per heavy atom. The second-order valence-electron chi connectivity index (χ2n) is 4.57. The quantitative estimate of drug-likeness (QED) is 0.858. The molecule has 2 rings (SSSR count). The number of hydrogen-bond acceptors (Lipinski definition) is 4.